The molecule has 13 heteroatoms. The van der Waals surface area contributed by atoms with Crippen LogP contribution in [-0.4, -0.2) is 37.7 Å². The molecule has 8 nitrogen and oxygen atoms in total. The van der Waals surface area contributed by atoms with Gasteiger partial charge in [-0.15, -0.1) is 0 Å². The number of benzene rings is 1. The normalized spacial score (nSPS) is 23.6. The van der Waals surface area contributed by atoms with Gasteiger partial charge in [-0.25, -0.2) is 14.4 Å². The molecular formula is C23H20F5N5O3. The van der Waals surface area contributed by atoms with Crippen LogP contribution in [0.1, 0.15) is 60.5 Å². The van der Waals surface area contributed by atoms with Crippen LogP contribution in [-0.2, 0) is 11.6 Å². The first-order chi connectivity index (χ1) is 17.0. The Balaban J connectivity index is 1.24. The van der Waals surface area contributed by atoms with Crippen molar-refractivity contribution in [1.29, 1.82) is 0 Å². The number of phenolic OH excluding ortho intramolecular Hbond substituents is 1. The lowest BCUT2D eigenvalue weighted by molar-refractivity contribution is -0.141. The van der Waals surface area contributed by atoms with Crippen molar-refractivity contribution in [1.82, 2.24) is 25.4 Å². The summed E-state index contributed by atoms with van der Waals surface area (Å²) in [6.45, 7) is 0.278. The number of aromatic nitrogens is 4. The van der Waals surface area contributed by atoms with Gasteiger partial charge in [-0.05, 0) is 56.1 Å². The molecule has 3 fully saturated rings. The highest BCUT2D eigenvalue weighted by Crippen LogP contribution is 2.57. The molecule has 36 heavy (non-hydrogen) atoms. The number of fused-ring (bicyclic) bond motifs is 3. The summed E-state index contributed by atoms with van der Waals surface area (Å²) in [7, 11) is 0. The molecule has 2 heterocycles. The predicted octanol–water partition coefficient (Wildman–Crippen LogP) is 4.55. The van der Waals surface area contributed by atoms with E-state index in [-0.39, 0.29) is 28.9 Å². The molecule has 3 aliphatic rings. The summed E-state index contributed by atoms with van der Waals surface area (Å²) in [6, 6.07) is 1.96. The third-order valence-corrected chi connectivity index (χ3v) is 7.38. The van der Waals surface area contributed by atoms with Gasteiger partial charge >= 0.3 is 6.18 Å². The Hall–Kier alpha value is -3.64. The number of hydrogen-bond acceptors (Lipinski definition) is 7. The second-order valence-electron chi connectivity index (χ2n) is 9.43. The monoisotopic (exact) mass is 509 g/mol. The molecule has 3 aliphatic carbocycles. The molecule has 2 N–H and O–H groups in total. The first kappa shape index (κ1) is 24.1. The molecule has 0 radical (unpaired) electrons. The zero-order valence-corrected chi connectivity index (χ0v) is 18.7. The van der Waals surface area contributed by atoms with E-state index in [0.717, 1.165) is 37.6 Å². The third-order valence-electron chi connectivity index (χ3n) is 7.38. The molecule has 0 spiro atoms. The maximum Gasteiger partial charge on any atom is 0.434 e. The zero-order chi connectivity index (χ0) is 25.7. The Labute approximate surface area is 201 Å². The molecule has 0 unspecified atom stereocenters. The lowest BCUT2D eigenvalue weighted by atomic mass is 9.53. The quantitative estimate of drug-likeness (QED) is 0.485. The van der Waals surface area contributed by atoms with Crippen LogP contribution in [0.2, 0.25) is 0 Å². The average molecular weight is 509 g/mol. The zero-order valence-electron chi connectivity index (χ0n) is 18.7. The number of hydrogen-bond donors (Lipinski definition) is 2. The number of alkyl halides is 3. The largest absolute Gasteiger partial charge is 0.505 e. The number of nitrogens with zero attached hydrogens (tertiary/aromatic N) is 4. The van der Waals surface area contributed by atoms with Gasteiger partial charge in [0.05, 0.1) is 18.0 Å². The van der Waals surface area contributed by atoms with Gasteiger partial charge in [-0.2, -0.15) is 22.5 Å². The fourth-order valence-corrected chi connectivity index (χ4v) is 5.06. The number of phenols is 1. The van der Waals surface area contributed by atoms with Crippen molar-refractivity contribution in [3.8, 4) is 17.3 Å². The van der Waals surface area contributed by atoms with E-state index in [1.165, 1.54) is 0 Å². The summed E-state index contributed by atoms with van der Waals surface area (Å²) >= 11 is 0. The molecule has 2 bridgehead atoms. The summed E-state index contributed by atoms with van der Waals surface area (Å²) in [6.07, 6.45) is 1.19. The van der Waals surface area contributed by atoms with Gasteiger partial charge in [0.1, 0.15) is 5.69 Å². The number of carbonyl (C=O) groups excluding carboxylic acids is 1. The number of carbonyl (C=O) groups is 1. The van der Waals surface area contributed by atoms with Crippen molar-refractivity contribution in [2.75, 3.05) is 6.54 Å². The first-order valence-corrected chi connectivity index (χ1v) is 11.2. The summed E-state index contributed by atoms with van der Waals surface area (Å²) in [5, 5.41) is 15.8. The van der Waals surface area contributed by atoms with Crippen molar-refractivity contribution < 1.29 is 36.4 Å². The van der Waals surface area contributed by atoms with Crippen LogP contribution in [0.4, 0.5) is 22.0 Å². The maximum absolute atomic E-state index is 14.0. The molecule has 1 amide bonds. The number of rotatable bonds is 5. The molecule has 3 saturated carbocycles. The molecule has 0 atom stereocenters. The first-order valence-electron chi connectivity index (χ1n) is 11.2. The number of halogens is 5. The van der Waals surface area contributed by atoms with Crippen LogP contribution in [0, 0.1) is 17.0 Å². The second kappa shape index (κ2) is 8.49. The molecule has 1 aromatic carbocycles. The van der Waals surface area contributed by atoms with Crippen molar-refractivity contribution in [2.24, 2.45) is 5.41 Å². The van der Waals surface area contributed by atoms with E-state index in [4.69, 9.17) is 4.52 Å². The lowest BCUT2D eigenvalue weighted by Gasteiger charge is -2.51. The highest BCUT2D eigenvalue weighted by atomic mass is 19.4. The van der Waals surface area contributed by atoms with E-state index >= 15 is 0 Å². The van der Waals surface area contributed by atoms with Crippen LogP contribution < -0.4 is 5.32 Å². The van der Waals surface area contributed by atoms with Gasteiger partial charge in [-0.3, -0.25) is 4.79 Å². The molecule has 2 aromatic heterocycles. The minimum Gasteiger partial charge on any atom is -0.505 e. The maximum atomic E-state index is 14.0. The fourth-order valence-electron chi connectivity index (χ4n) is 5.06. The second-order valence-corrected chi connectivity index (χ2v) is 9.43. The Morgan fingerprint density at radius 1 is 1.03 bits per heavy atom. The standard InChI is InChI=1S/C23H20F5N5O3/c24-16-12(1-2-14(34)17(16)25)19(35)31-11-21-3-6-22(7-4-21,8-5-21)20-32-18(33-36-20)13-9-30-15(10-29-13)23(26,27)28/h1-2,9-10,34H,3-8,11H2,(H,31,35). The average Bonchev–Trinajstić information content (AvgIpc) is 3.38. The highest BCUT2D eigenvalue weighted by molar-refractivity contribution is 5.94. The lowest BCUT2D eigenvalue weighted by Crippen LogP contribution is -2.49. The minimum atomic E-state index is -4.60. The summed E-state index contributed by atoms with van der Waals surface area (Å²) < 4.78 is 71.3. The number of nitrogens with one attached hydrogen (secondary N) is 1. The van der Waals surface area contributed by atoms with Gasteiger partial charge in [0.15, 0.2) is 17.3 Å². The van der Waals surface area contributed by atoms with Crippen molar-refractivity contribution in [2.45, 2.75) is 50.1 Å². The van der Waals surface area contributed by atoms with Gasteiger partial charge in [-0.1, -0.05) is 5.16 Å². The van der Waals surface area contributed by atoms with Crippen molar-refractivity contribution in [3.63, 3.8) is 0 Å². The minimum absolute atomic E-state index is 0.0541. The molecule has 0 saturated heterocycles. The van der Waals surface area contributed by atoms with Crippen LogP contribution >= 0.6 is 0 Å². The number of amides is 1. The predicted molar refractivity (Wildman–Crippen MR) is 112 cm³/mol. The van der Waals surface area contributed by atoms with Gasteiger partial charge in [0, 0.05) is 12.0 Å². The third kappa shape index (κ3) is 4.16. The topological polar surface area (TPSA) is 114 Å². The van der Waals surface area contributed by atoms with E-state index < -0.39 is 40.7 Å². The van der Waals surface area contributed by atoms with E-state index in [2.05, 4.69) is 25.4 Å². The molecule has 0 aliphatic heterocycles. The van der Waals surface area contributed by atoms with Crippen LogP contribution in [0.15, 0.2) is 29.0 Å². The highest BCUT2D eigenvalue weighted by Gasteiger charge is 2.52. The van der Waals surface area contributed by atoms with Crippen LogP contribution in [0.25, 0.3) is 11.5 Å². The smallest absolute Gasteiger partial charge is 0.434 e. The van der Waals surface area contributed by atoms with E-state index in [9.17, 15) is 31.9 Å². The Kier molecular flexibility index (Phi) is 5.67. The fraction of sp³-hybridized carbons (Fsp3) is 0.435. The molecular weight excluding hydrogens is 489 g/mol. The Morgan fingerprint density at radius 3 is 2.33 bits per heavy atom. The summed E-state index contributed by atoms with van der Waals surface area (Å²) in [4.78, 5) is 24.0. The van der Waals surface area contributed by atoms with E-state index in [1.807, 2.05) is 0 Å². The van der Waals surface area contributed by atoms with Gasteiger partial charge in [0.2, 0.25) is 17.5 Å². The molecule has 3 aromatic rings. The SMILES string of the molecule is O=C(NCC12CCC(c3nc(-c4cnc(C(F)(F)F)cn4)no3)(CC1)CC2)c1ccc(O)c(F)c1F. The van der Waals surface area contributed by atoms with Crippen molar-refractivity contribution in [3.05, 3.63) is 53.3 Å². The van der Waals surface area contributed by atoms with Crippen molar-refractivity contribution >= 4 is 5.91 Å². The van der Waals surface area contributed by atoms with Crippen LogP contribution in [0.3, 0.4) is 0 Å². The summed E-state index contributed by atoms with van der Waals surface area (Å²) in [5.41, 5.74) is -2.13. The Bertz CT molecular complexity index is 1280. The van der Waals surface area contributed by atoms with Gasteiger partial charge < -0.3 is 14.9 Å². The molecule has 6 rings (SSSR count). The number of aromatic hydroxyl groups is 1. The molecule has 190 valence electrons. The van der Waals surface area contributed by atoms with Crippen LogP contribution in [0.5, 0.6) is 5.75 Å². The summed E-state index contributed by atoms with van der Waals surface area (Å²) in [5.74, 6) is -4.06. The Morgan fingerprint density at radius 2 is 1.72 bits per heavy atom. The van der Waals surface area contributed by atoms with E-state index in [0.29, 0.717) is 31.4 Å². The van der Waals surface area contributed by atoms with E-state index in [1.54, 1.807) is 0 Å². The van der Waals surface area contributed by atoms with Gasteiger partial charge in [0.25, 0.3) is 5.91 Å².